The zero-order chi connectivity index (χ0) is 15.0. The van der Waals surface area contributed by atoms with Crippen molar-refractivity contribution in [2.24, 2.45) is 7.05 Å². The van der Waals surface area contributed by atoms with Gasteiger partial charge in [-0.25, -0.2) is 9.07 Å². The van der Waals surface area contributed by atoms with Gasteiger partial charge >= 0.3 is 5.56 Å². The van der Waals surface area contributed by atoms with Gasteiger partial charge in [0.05, 0.1) is 18.9 Å². The van der Waals surface area contributed by atoms with E-state index >= 15 is 0 Å². The summed E-state index contributed by atoms with van der Waals surface area (Å²) in [6.07, 6.45) is 1.56. The number of halogens is 1. The number of aryl methyl sites for hydroxylation is 1. The highest BCUT2D eigenvalue weighted by Gasteiger charge is 2.15. The Bertz CT molecular complexity index is 887. The topological polar surface area (TPSA) is 44.1 Å². The monoisotopic (exact) mass is 284 g/mol. The van der Waals surface area contributed by atoms with E-state index in [2.05, 4.69) is 5.10 Å². The maximum atomic E-state index is 13.9. The summed E-state index contributed by atoms with van der Waals surface area (Å²) in [5, 5.41) is 5.23. The average molecular weight is 284 g/mol. The molecule has 4 nitrogen and oxygen atoms in total. The van der Waals surface area contributed by atoms with Gasteiger partial charge in [-0.1, -0.05) is 30.3 Å². The summed E-state index contributed by atoms with van der Waals surface area (Å²) < 4.78 is 20.3. The second-order valence-corrected chi connectivity index (χ2v) is 4.66. The lowest BCUT2D eigenvalue weighted by atomic mass is 9.99. The summed E-state index contributed by atoms with van der Waals surface area (Å²) in [6.45, 7) is 0. The largest absolute Gasteiger partial charge is 0.491 e. The summed E-state index contributed by atoms with van der Waals surface area (Å²) in [6, 6.07) is 10.1. The van der Waals surface area contributed by atoms with Crippen LogP contribution in [0.4, 0.5) is 4.39 Å². The summed E-state index contributed by atoms with van der Waals surface area (Å²) >= 11 is 0. The molecule has 0 aliphatic carbocycles. The van der Waals surface area contributed by atoms with Crippen LogP contribution in [0.3, 0.4) is 0 Å². The molecular formula is C16H13FN2O2. The average Bonchev–Trinajstić information content (AvgIpc) is 2.50. The molecule has 0 N–H and O–H groups in total. The zero-order valence-corrected chi connectivity index (χ0v) is 11.6. The van der Waals surface area contributed by atoms with Gasteiger partial charge in [0.2, 0.25) is 0 Å². The Morgan fingerprint density at radius 2 is 1.81 bits per heavy atom. The van der Waals surface area contributed by atoms with Gasteiger partial charge in [-0.05, 0) is 17.0 Å². The molecule has 0 fully saturated rings. The molecule has 1 heterocycles. The minimum absolute atomic E-state index is 0.198. The van der Waals surface area contributed by atoms with Gasteiger partial charge in [0.25, 0.3) is 0 Å². The molecule has 21 heavy (non-hydrogen) atoms. The fourth-order valence-corrected chi connectivity index (χ4v) is 2.41. The fourth-order valence-electron chi connectivity index (χ4n) is 2.41. The lowest BCUT2D eigenvalue weighted by molar-refractivity contribution is 0.402. The predicted octanol–water partition coefficient (Wildman–Crippen LogP) is 2.75. The third-order valence-electron chi connectivity index (χ3n) is 3.46. The number of nitrogens with zero attached hydrogens (tertiary/aromatic N) is 2. The Morgan fingerprint density at radius 1 is 1.10 bits per heavy atom. The molecule has 0 atom stereocenters. The first-order chi connectivity index (χ1) is 10.1. The third kappa shape index (κ3) is 2.07. The van der Waals surface area contributed by atoms with Crippen molar-refractivity contribution in [1.82, 2.24) is 9.78 Å². The van der Waals surface area contributed by atoms with Crippen LogP contribution in [-0.2, 0) is 7.05 Å². The van der Waals surface area contributed by atoms with E-state index in [0.717, 1.165) is 0 Å². The molecule has 106 valence electrons. The number of rotatable bonds is 2. The first kappa shape index (κ1) is 13.3. The second kappa shape index (κ2) is 5.01. The van der Waals surface area contributed by atoms with E-state index in [1.807, 2.05) is 12.1 Å². The number of ether oxygens (including phenoxy) is 1. The van der Waals surface area contributed by atoms with Crippen LogP contribution in [0.15, 0.2) is 47.4 Å². The van der Waals surface area contributed by atoms with Gasteiger partial charge in [0.1, 0.15) is 5.82 Å². The van der Waals surface area contributed by atoms with Crippen molar-refractivity contribution < 1.29 is 9.13 Å². The maximum Gasteiger partial charge on any atom is 0.309 e. The Balaban J connectivity index is 2.39. The van der Waals surface area contributed by atoms with Crippen LogP contribution in [0.25, 0.3) is 21.9 Å². The molecular weight excluding hydrogens is 271 g/mol. The first-order valence-corrected chi connectivity index (χ1v) is 6.41. The minimum atomic E-state index is -0.330. The van der Waals surface area contributed by atoms with E-state index in [4.69, 9.17) is 4.74 Å². The van der Waals surface area contributed by atoms with Crippen LogP contribution in [0.5, 0.6) is 5.75 Å². The third-order valence-corrected chi connectivity index (χ3v) is 3.46. The Kier molecular flexibility index (Phi) is 3.17. The van der Waals surface area contributed by atoms with Crippen LogP contribution in [0.1, 0.15) is 0 Å². The molecule has 2 aromatic carbocycles. The van der Waals surface area contributed by atoms with Crippen molar-refractivity contribution in [3.05, 3.63) is 58.8 Å². The van der Waals surface area contributed by atoms with Crippen molar-refractivity contribution >= 4 is 10.8 Å². The van der Waals surface area contributed by atoms with Gasteiger partial charge < -0.3 is 4.74 Å². The van der Waals surface area contributed by atoms with Crippen LogP contribution < -0.4 is 10.3 Å². The van der Waals surface area contributed by atoms with Gasteiger partial charge in [-0.3, -0.25) is 4.79 Å². The molecule has 0 unspecified atom stereocenters. The van der Waals surface area contributed by atoms with Gasteiger partial charge in [-0.15, -0.1) is 0 Å². The molecule has 3 rings (SSSR count). The summed E-state index contributed by atoms with van der Waals surface area (Å²) in [5.41, 5.74) is 0.939. The van der Waals surface area contributed by atoms with E-state index in [0.29, 0.717) is 21.9 Å². The number of benzene rings is 2. The number of aromatic nitrogens is 2. The van der Waals surface area contributed by atoms with E-state index in [1.165, 1.54) is 17.9 Å². The summed E-state index contributed by atoms with van der Waals surface area (Å²) in [5.74, 6) is -0.102. The number of fused-ring (bicyclic) bond motifs is 1. The molecule has 0 spiro atoms. The molecule has 0 amide bonds. The zero-order valence-electron chi connectivity index (χ0n) is 11.6. The molecule has 3 aromatic rings. The number of hydrogen-bond donors (Lipinski definition) is 0. The SMILES string of the molecule is COc1c(-c2cccc3c(F)cccc23)cnn(C)c1=O. The first-order valence-electron chi connectivity index (χ1n) is 6.41. The molecule has 0 bridgehead atoms. The highest BCUT2D eigenvalue weighted by molar-refractivity contribution is 5.97. The molecule has 1 aromatic heterocycles. The quantitative estimate of drug-likeness (QED) is 0.727. The standard InChI is InChI=1S/C16H13FN2O2/c1-19-16(20)15(21-2)13(9-18-19)11-5-3-7-12-10(11)6-4-8-14(12)17/h3-9H,1-2H3. The van der Waals surface area contributed by atoms with Crippen molar-refractivity contribution in [1.29, 1.82) is 0 Å². The van der Waals surface area contributed by atoms with Crippen LogP contribution in [-0.4, -0.2) is 16.9 Å². The minimum Gasteiger partial charge on any atom is -0.491 e. The van der Waals surface area contributed by atoms with Crippen molar-refractivity contribution in [3.63, 3.8) is 0 Å². The molecule has 0 saturated carbocycles. The van der Waals surface area contributed by atoms with E-state index in [9.17, 15) is 9.18 Å². The van der Waals surface area contributed by atoms with Crippen LogP contribution >= 0.6 is 0 Å². The Labute approximate surface area is 120 Å². The molecule has 0 aliphatic heterocycles. The van der Waals surface area contributed by atoms with Crippen molar-refractivity contribution in [2.75, 3.05) is 7.11 Å². The van der Waals surface area contributed by atoms with Crippen molar-refractivity contribution in [2.45, 2.75) is 0 Å². The van der Waals surface area contributed by atoms with E-state index < -0.39 is 0 Å². The number of methoxy groups -OCH3 is 1. The second-order valence-electron chi connectivity index (χ2n) is 4.66. The Hall–Kier alpha value is -2.69. The highest BCUT2D eigenvalue weighted by atomic mass is 19.1. The van der Waals surface area contributed by atoms with E-state index in [-0.39, 0.29) is 17.1 Å². The summed E-state index contributed by atoms with van der Waals surface area (Å²) in [7, 11) is 2.99. The molecule has 0 radical (unpaired) electrons. The van der Waals surface area contributed by atoms with Crippen LogP contribution in [0, 0.1) is 5.82 Å². The van der Waals surface area contributed by atoms with Gasteiger partial charge in [0.15, 0.2) is 5.75 Å². The lowest BCUT2D eigenvalue weighted by Gasteiger charge is -2.11. The van der Waals surface area contributed by atoms with Gasteiger partial charge in [0, 0.05) is 12.4 Å². The van der Waals surface area contributed by atoms with E-state index in [1.54, 1.807) is 31.4 Å². The normalized spacial score (nSPS) is 10.8. The lowest BCUT2D eigenvalue weighted by Crippen LogP contribution is -2.21. The van der Waals surface area contributed by atoms with Crippen molar-refractivity contribution in [3.8, 4) is 16.9 Å². The highest BCUT2D eigenvalue weighted by Crippen LogP contribution is 2.33. The predicted molar refractivity (Wildman–Crippen MR) is 78.9 cm³/mol. The maximum absolute atomic E-state index is 13.9. The fraction of sp³-hybridized carbons (Fsp3) is 0.125. The summed E-state index contributed by atoms with van der Waals surface area (Å²) in [4.78, 5) is 12.1. The molecule has 0 aliphatic rings. The smallest absolute Gasteiger partial charge is 0.309 e. The number of hydrogen-bond acceptors (Lipinski definition) is 3. The Morgan fingerprint density at radius 3 is 2.57 bits per heavy atom. The molecule has 0 saturated heterocycles. The molecule has 5 heteroatoms. The van der Waals surface area contributed by atoms with Gasteiger partial charge in [-0.2, -0.15) is 5.10 Å². The van der Waals surface area contributed by atoms with Crippen LogP contribution in [0.2, 0.25) is 0 Å².